The van der Waals surface area contributed by atoms with Crippen molar-refractivity contribution in [2.45, 2.75) is 13.5 Å². The summed E-state index contributed by atoms with van der Waals surface area (Å²) in [6.07, 6.45) is 2.01. The Balaban J connectivity index is 0.00000176. The Morgan fingerprint density at radius 3 is 2.45 bits per heavy atom. The summed E-state index contributed by atoms with van der Waals surface area (Å²) in [4.78, 5) is 3.76. The molecule has 2 heterocycles. The normalized spacial score (nSPS) is 16.0. The first kappa shape index (κ1) is 17.0. The van der Waals surface area contributed by atoms with Gasteiger partial charge in [0, 0.05) is 37.6 Å². The molecule has 1 aliphatic rings. The summed E-state index contributed by atoms with van der Waals surface area (Å²) in [7, 11) is 0. The minimum absolute atomic E-state index is 0. The van der Waals surface area contributed by atoms with Crippen molar-refractivity contribution in [2.75, 3.05) is 26.2 Å². The summed E-state index contributed by atoms with van der Waals surface area (Å²) in [6, 6.07) is 12.8. The van der Waals surface area contributed by atoms with Crippen molar-refractivity contribution >= 4 is 30.0 Å². The first-order valence-electron chi connectivity index (χ1n) is 7.40. The number of hydrogen-bond donors (Lipinski definition) is 0. The fourth-order valence-corrected chi connectivity index (χ4v) is 3.28. The average Bonchev–Trinajstić information content (AvgIpc) is 2.93. The molecule has 0 spiro atoms. The molecule has 0 saturated carbocycles. The van der Waals surface area contributed by atoms with Crippen molar-refractivity contribution in [3.63, 3.8) is 0 Å². The average molecular weight is 336 g/mol. The lowest BCUT2D eigenvalue weighted by molar-refractivity contribution is 0.131. The monoisotopic (exact) mass is 335 g/mol. The summed E-state index contributed by atoms with van der Waals surface area (Å²) in [5.41, 5.74) is 2.70. The third kappa shape index (κ3) is 4.57. The quantitative estimate of drug-likeness (QED) is 0.794. The standard InChI is InChI=1S/C17H21N3S.ClH/c1-15-7-12-21-17(15)13-18-20-10-8-19(9-11-20)14-16-5-3-2-4-6-16;/h2-7,12-13H,8-11,14H2,1H3;1H/b18-13+;. The Labute approximate surface area is 142 Å². The van der Waals surface area contributed by atoms with Gasteiger partial charge in [0.15, 0.2) is 0 Å². The summed E-state index contributed by atoms with van der Waals surface area (Å²) in [6.45, 7) is 7.35. The third-order valence-electron chi connectivity index (χ3n) is 3.84. The first-order valence-corrected chi connectivity index (χ1v) is 8.28. The van der Waals surface area contributed by atoms with Gasteiger partial charge in [-0.1, -0.05) is 30.3 Å². The number of halogens is 1. The van der Waals surface area contributed by atoms with E-state index in [4.69, 9.17) is 0 Å². The van der Waals surface area contributed by atoms with E-state index < -0.39 is 0 Å². The van der Waals surface area contributed by atoms with E-state index in [1.54, 1.807) is 11.3 Å². The van der Waals surface area contributed by atoms with E-state index in [2.05, 4.69) is 63.7 Å². The van der Waals surface area contributed by atoms with E-state index in [0.717, 1.165) is 32.7 Å². The SMILES string of the molecule is Cc1ccsc1/C=N/N1CCN(Cc2ccccc2)CC1.Cl. The van der Waals surface area contributed by atoms with Crippen LogP contribution in [0.4, 0.5) is 0 Å². The molecular formula is C17H22ClN3S. The minimum atomic E-state index is 0. The molecule has 2 aromatic rings. The van der Waals surface area contributed by atoms with Crippen LogP contribution in [0.3, 0.4) is 0 Å². The molecule has 0 amide bonds. The topological polar surface area (TPSA) is 18.8 Å². The van der Waals surface area contributed by atoms with Gasteiger partial charge < -0.3 is 0 Å². The first-order chi connectivity index (χ1) is 10.3. The lowest BCUT2D eigenvalue weighted by atomic mass is 10.2. The maximum Gasteiger partial charge on any atom is 0.0645 e. The zero-order valence-corrected chi connectivity index (χ0v) is 14.4. The van der Waals surface area contributed by atoms with Gasteiger partial charge in [0.1, 0.15) is 0 Å². The Morgan fingerprint density at radius 1 is 1.09 bits per heavy atom. The van der Waals surface area contributed by atoms with Crippen LogP contribution < -0.4 is 0 Å². The van der Waals surface area contributed by atoms with E-state index in [0.29, 0.717) is 0 Å². The maximum absolute atomic E-state index is 4.62. The fraction of sp³-hybridized carbons (Fsp3) is 0.353. The number of hydrogen-bond acceptors (Lipinski definition) is 4. The second kappa shape index (κ2) is 8.32. The van der Waals surface area contributed by atoms with Crippen LogP contribution in [0.15, 0.2) is 46.9 Å². The lowest BCUT2D eigenvalue weighted by Crippen LogP contribution is -2.43. The van der Waals surface area contributed by atoms with Crippen LogP contribution >= 0.6 is 23.7 Å². The molecular weight excluding hydrogens is 314 g/mol. The van der Waals surface area contributed by atoms with Gasteiger partial charge >= 0.3 is 0 Å². The largest absolute Gasteiger partial charge is 0.295 e. The van der Waals surface area contributed by atoms with E-state index in [1.165, 1.54) is 16.0 Å². The predicted octanol–water partition coefficient (Wildman–Crippen LogP) is 3.63. The molecule has 1 fully saturated rings. The van der Waals surface area contributed by atoms with Gasteiger partial charge in [-0.25, -0.2) is 0 Å². The fourth-order valence-electron chi connectivity index (χ4n) is 2.50. The van der Waals surface area contributed by atoms with Crippen molar-refractivity contribution in [2.24, 2.45) is 5.10 Å². The molecule has 0 atom stereocenters. The number of aryl methyl sites for hydroxylation is 1. The molecule has 0 radical (unpaired) electrons. The van der Waals surface area contributed by atoms with Crippen molar-refractivity contribution in [1.82, 2.24) is 9.91 Å². The molecule has 3 rings (SSSR count). The summed E-state index contributed by atoms with van der Waals surface area (Å²) < 4.78 is 0. The van der Waals surface area contributed by atoms with Gasteiger partial charge in [0.25, 0.3) is 0 Å². The molecule has 1 saturated heterocycles. The number of benzene rings is 1. The number of rotatable bonds is 4. The second-order valence-corrected chi connectivity index (χ2v) is 6.38. The Bertz CT molecular complexity index is 589. The molecule has 0 bridgehead atoms. The van der Waals surface area contributed by atoms with Gasteiger partial charge in [-0.15, -0.1) is 23.7 Å². The van der Waals surface area contributed by atoms with Crippen LogP contribution in [0.1, 0.15) is 16.0 Å². The molecule has 118 valence electrons. The molecule has 1 aromatic carbocycles. The smallest absolute Gasteiger partial charge is 0.0645 e. The van der Waals surface area contributed by atoms with Crippen molar-refractivity contribution in [3.05, 3.63) is 57.8 Å². The molecule has 1 aliphatic heterocycles. The number of nitrogens with zero attached hydrogens (tertiary/aromatic N) is 3. The molecule has 0 aliphatic carbocycles. The lowest BCUT2D eigenvalue weighted by Gasteiger charge is -2.33. The van der Waals surface area contributed by atoms with Gasteiger partial charge in [0.2, 0.25) is 0 Å². The highest BCUT2D eigenvalue weighted by Gasteiger charge is 2.15. The number of hydrazone groups is 1. The highest BCUT2D eigenvalue weighted by molar-refractivity contribution is 7.11. The number of thiophene rings is 1. The van der Waals surface area contributed by atoms with Gasteiger partial charge in [0.05, 0.1) is 6.21 Å². The van der Waals surface area contributed by atoms with E-state index in [-0.39, 0.29) is 12.4 Å². The highest BCUT2D eigenvalue weighted by Crippen LogP contribution is 2.13. The highest BCUT2D eigenvalue weighted by atomic mass is 35.5. The van der Waals surface area contributed by atoms with Crippen LogP contribution in [-0.2, 0) is 6.54 Å². The van der Waals surface area contributed by atoms with Crippen molar-refractivity contribution in [1.29, 1.82) is 0 Å². The maximum atomic E-state index is 4.62. The van der Waals surface area contributed by atoms with E-state index in [9.17, 15) is 0 Å². The molecule has 0 N–H and O–H groups in total. The van der Waals surface area contributed by atoms with Crippen LogP contribution in [-0.4, -0.2) is 42.3 Å². The number of piperazine rings is 1. The van der Waals surface area contributed by atoms with Crippen molar-refractivity contribution in [3.8, 4) is 0 Å². The summed E-state index contributed by atoms with van der Waals surface area (Å²) in [5.74, 6) is 0. The molecule has 5 heteroatoms. The molecule has 3 nitrogen and oxygen atoms in total. The Kier molecular flexibility index (Phi) is 6.43. The zero-order valence-electron chi connectivity index (χ0n) is 12.8. The van der Waals surface area contributed by atoms with Gasteiger partial charge in [-0.3, -0.25) is 9.91 Å². The summed E-state index contributed by atoms with van der Waals surface area (Å²) in [5, 5.41) is 8.92. The molecule has 1 aromatic heterocycles. The molecule has 22 heavy (non-hydrogen) atoms. The second-order valence-electron chi connectivity index (χ2n) is 5.43. The Morgan fingerprint density at radius 2 is 1.82 bits per heavy atom. The van der Waals surface area contributed by atoms with Crippen LogP contribution in [0.5, 0.6) is 0 Å². The predicted molar refractivity (Wildman–Crippen MR) is 97.2 cm³/mol. The molecule has 0 unspecified atom stereocenters. The van der Waals surface area contributed by atoms with E-state index in [1.807, 2.05) is 6.21 Å². The Hall–Kier alpha value is -1.36. The van der Waals surface area contributed by atoms with E-state index >= 15 is 0 Å². The van der Waals surface area contributed by atoms with Crippen molar-refractivity contribution < 1.29 is 0 Å². The minimum Gasteiger partial charge on any atom is -0.295 e. The summed E-state index contributed by atoms with van der Waals surface area (Å²) >= 11 is 1.75. The third-order valence-corrected chi connectivity index (χ3v) is 4.79. The van der Waals surface area contributed by atoms with Crippen LogP contribution in [0, 0.1) is 6.92 Å². The van der Waals surface area contributed by atoms with Crippen LogP contribution in [0.2, 0.25) is 0 Å². The van der Waals surface area contributed by atoms with Gasteiger partial charge in [-0.05, 0) is 29.5 Å². The van der Waals surface area contributed by atoms with Crippen LogP contribution in [0.25, 0.3) is 0 Å². The van der Waals surface area contributed by atoms with Gasteiger partial charge in [-0.2, -0.15) is 5.10 Å². The zero-order chi connectivity index (χ0) is 14.5.